The summed E-state index contributed by atoms with van der Waals surface area (Å²) >= 11 is 0. The van der Waals surface area contributed by atoms with Gasteiger partial charge in [-0.15, -0.1) is 0 Å². The number of nitrogens with zero attached hydrogens (tertiary/aromatic N) is 3. The Kier molecular flexibility index (Phi) is 3.97. The quantitative estimate of drug-likeness (QED) is 0.932. The molecule has 2 aromatic rings. The van der Waals surface area contributed by atoms with Crippen molar-refractivity contribution in [1.82, 2.24) is 9.97 Å². The average Bonchev–Trinajstić information content (AvgIpc) is 2.56. The van der Waals surface area contributed by atoms with Crippen LogP contribution in [0.3, 0.4) is 0 Å². The maximum absolute atomic E-state index is 13.0. The fourth-order valence-corrected chi connectivity index (χ4v) is 2.22. The van der Waals surface area contributed by atoms with Gasteiger partial charge in [0.1, 0.15) is 5.82 Å². The lowest BCUT2D eigenvalue weighted by atomic mass is 10.1. The molecule has 1 saturated heterocycles. The Hall–Kier alpha value is -2.54. The van der Waals surface area contributed by atoms with Crippen LogP contribution in [0.4, 0.5) is 10.3 Å². The first-order chi connectivity index (χ1) is 10.6. The van der Waals surface area contributed by atoms with E-state index in [0.717, 1.165) is 0 Å². The van der Waals surface area contributed by atoms with Gasteiger partial charge in [0.2, 0.25) is 5.95 Å². The van der Waals surface area contributed by atoms with Gasteiger partial charge in [0.15, 0.2) is 5.69 Å². The molecule has 6 nitrogen and oxygen atoms in total. The van der Waals surface area contributed by atoms with Gasteiger partial charge in [0, 0.05) is 18.7 Å². The molecule has 1 fully saturated rings. The van der Waals surface area contributed by atoms with E-state index in [0.29, 0.717) is 43.5 Å². The van der Waals surface area contributed by atoms with Crippen LogP contribution in [0.15, 0.2) is 30.3 Å². The fraction of sp³-hybridized carbons (Fsp3) is 0.267. The molecule has 0 bridgehead atoms. The Morgan fingerprint density at radius 1 is 1.18 bits per heavy atom. The molecule has 0 amide bonds. The highest BCUT2D eigenvalue weighted by atomic mass is 19.1. The zero-order chi connectivity index (χ0) is 15.5. The van der Waals surface area contributed by atoms with Gasteiger partial charge in [0.05, 0.1) is 18.9 Å². The van der Waals surface area contributed by atoms with Crippen molar-refractivity contribution in [1.29, 1.82) is 0 Å². The molecule has 3 rings (SSSR count). The summed E-state index contributed by atoms with van der Waals surface area (Å²) in [5.74, 6) is -1.13. The van der Waals surface area contributed by atoms with Crippen LogP contribution in [-0.2, 0) is 4.74 Å². The van der Waals surface area contributed by atoms with Crippen molar-refractivity contribution in [2.45, 2.75) is 0 Å². The SMILES string of the molecule is O=C(O)c1cc(-c2ccc(F)cc2)nc(N2CCOCC2)n1. The Morgan fingerprint density at radius 2 is 1.86 bits per heavy atom. The molecule has 1 aliphatic heterocycles. The smallest absolute Gasteiger partial charge is 0.354 e. The molecule has 7 heteroatoms. The van der Waals surface area contributed by atoms with Crippen molar-refractivity contribution >= 4 is 11.9 Å². The number of aromatic carboxylic acids is 1. The van der Waals surface area contributed by atoms with E-state index in [-0.39, 0.29) is 11.5 Å². The normalized spacial score (nSPS) is 14.9. The van der Waals surface area contributed by atoms with Gasteiger partial charge in [-0.05, 0) is 30.3 Å². The standard InChI is InChI=1S/C15H14FN3O3/c16-11-3-1-10(2-4-11)12-9-13(14(20)21)18-15(17-12)19-5-7-22-8-6-19/h1-4,9H,5-8H2,(H,20,21). The predicted octanol–water partition coefficient (Wildman–Crippen LogP) is 1.82. The summed E-state index contributed by atoms with van der Waals surface area (Å²) in [6.07, 6.45) is 0. The Balaban J connectivity index is 2.03. The molecule has 1 aromatic carbocycles. The third kappa shape index (κ3) is 3.04. The van der Waals surface area contributed by atoms with Crippen LogP contribution < -0.4 is 4.90 Å². The third-order valence-corrected chi connectivity index (χ3v) is 3.37. The number of carboxylic acids is 1. The number of anilines is 1. The third-order valence-electron chi connectivity index (χ3n) is 3.37. The maximum atomic E-state index is 13.0. The highest BCUT2D eigenvalue weighted by molar-refractivity contribution is 5.87. The number of halogens is 1. The highest BCUT2D eigenvalue weighted by Gasteiger charge is 2.18. The molecule has 1 N–H and O–H groups in total. The van der Waals surface area contributed by atoms with Crippen molar-refractivity contribution in [3.05, 3.63) is 41.8 Å². The van der Waals surface area contributed by atoms with E-state index >= 15 is 0 Å². The summed E-state index contributed by atoms with van der Waals surface area (Å²) in [6.45, 7) is 2.30. The van der Waals surface area contributed by atoms with Crippen LogP contribution in [0.1, 0.15) is 10.5 Å². The van der Waals surface area contributed by atoms with Gasteiger partial charge in [0.25, 0.3) is 0 Å². The van der Waals surface area contributed by atoms with Crippen LogP contribution in [0, 0.1) is 5.82 Å². The summed E-state index contributed by atoms with van der Waals surface area (Å²) in [5.41, 5.74) is 1.01. The molecule has 22 heavy (non-hydrogen) atoms. The summed E-state index contributed by atoms with van der Waals surface area (Å²) in [6, 6.07) is 7.14. The maximum Gasteiger partial charge on any atom is 0.354 e. The topological polar surface area (TPSA) is 75.5 Å². The Morgan fingerprint density at radius 3 is 2.50 bits per heavy atom. The first-order valence-corrected chi connectivity index (χ1v) is 6.84. The first-order valence-electron chi connectivity index (χ1n) is 6.84. The number of hydrogen-bond acceptors (Lipinski definition) is 5. The number of aromatic nitrogens is 2. The second-order valence-electron chi connectivity index (χ2n) is 4.85. The number of benzene rings is 1. The van der Waals surface area contributed by atoms with E-state index in [1.165, 1.54) is 18.2 Å². The number of carboxylic acid groups (broad SMARTS) is 1. The van der Waals surface area contributed by atoms with Crippen LogP contribution in [0.5, 0.6) is 0 Å². The van der Waals surface area contributed by atoms with E-state index in [4.69, 9.17) is 4.74 Å². The van der Waals surface area contributed by atoms with Crippen molar-refractivity contribution in [2.75, 3.05) is 31.2 Å². The molecular weight excluding hydrogens is 289 g/mol. The highest BCUT2D eigenvalue weighted by Crippen LogP contribution is 2.22. The van der Waals surface area contributed by atoms with Crippen LogP contribution in [-0.4, -0.2) is 47.3 Å². The van der Waals surface area contributed by atoms with Crippen molar-refractivity contribution in [3.8, 4) is 11.3 Å². The van der Waals surface area contributed by atoms with E-state index in [9.17, 15) is 14.3 Å². The van der Waals surface area contributed by atoms with Crippen molar-refractivity contribution < 1.29 is 19.0 Å². The number of hydrogen-bond donors (Lipinski definition) is 1. The number of ether oxygens (including phenoxy) is 1. The summed E-state index contributed by atoms with van der Waals surface area (Å²) < 4.78 is 18.3. The minimum Gasteiger partial charge on any atom is -0.477 e. The number of rotatable bonds is 3. The molecule has 1 aliphatic rings. The zero-order valence-electron chi connectivity index (χ0n) is 11.7. The van der Waals surface area contributed by atoms with Crippen LogP contribution in [0.2, 0.25) is 0 Å². The second kappa shape index (κ2) is 6.07. The Bertz CT molecular complexity index is 685. The molecule has 0 radical (unpaired) electrons. The minimum absolute atomic E-state index is 0.0872. The molecule has 0 aliphatic carbocycles. The summed E-state index contributed by atoms with van der Waals surface area (Å²) in [4.78, 5) is 21.7. The van der Waals surface area contributed by atoms with Crippen LogP contribution >= 0.6 is 0 Å². The van der Waals surface area contributed by atoms with E-state index in [2.05, 4.69) is 9.97 Å². The number of carbonyl (C=O) groups is 1. The van der Waals surface area contributed by atoms with Gasteiger partial charge in [-0.25, -0.2) is 19.2 Å². The van der Waals surface area contributed by atoms with E-state index in [1.54, 1.807) is 12.1 Å². The lowest BCUT2D eigenvalue weighted by Gasteiger charge is -2.27. The van der Waals surface area contributed by atoms with Gasteiger partial charge in [-0.3, -0.25) is 0 Å². The molecule has 114 valence electrons. The molecule has 0 atom stereocenters. The lowest BCUT2D eigenvalue weighted by molar-refractivity contribution is 0.0690. The minimum atomic E-state index is -1.12. The zero-order valence-corrected chi connectivity index (χ0v) is 11.7. The first kappa shape index (κ1) is 14.4. The average molecular weight is 303 g/mol. The van der Waals surface area contributed by atoms with Gasteiger partial charge in [-0.2, -0.15) is 0 Å². The molecular formula is C15H14FN3O3. The molecule has 0 saturated carbocycles. The van der Waals surface area contributed by atoms with Gasteiger partial charge < -0.3 is 14.7 Å². The summed E-state index contributed by atoms with van der Waals surface area (Å²) in [7, 11) is 0. The van der Waals surface area contributed by atoms with E-state index in [1.807, 2.05) is 4.90 Å². The number of morpholine rings is 1. The monoisotopic (exact) mass is 303 g/mol. The fourth-order valence-electron chi connectivity index (χ4n) is 2.22. The van der Waals surface area contributed by atoms with Gasteiger partial charge in [-0.1, -0.05) is 0 Å². The largest absolute Gasteiger partial charge is 0.477 e. The molecule has 0 spiro atoms. The molecule has 0 unspecified atom stereocenters. The molecule has 2 heterocycles. The predicted molar refractivity (Wildman–Crippen MR) is 77.4 cm³/mol. The van der Waals surface area contributed by atoms with Gasteiger partial charge >= 0.3 is 5.97 Å². The summed E-state index contributed by atoms with van der Waals surface area (Å²) in [5, 5.41) is 9.23. The molecule has 1 aromatic heterocycles. The van der Waals surface area contributed by atoms with E-state index < -0.39 is 5.97 Å². The van der Waals surface area contributed by atoms with Crippen molar-refractivity contribution in [2.24, 2.45) is 0 Å². The Labute approximate surface area is 126 Å². The second-order valence-corrected chi connectivity index (χ2v) is 4.85. The van der Waals surface area contributed by atoms with Crippen molar-refractivity contribution in [3.63, 3.8) is 0 Å². The van der Waals surface area contributed by atoms with Crippen LogP contribution in [0.25, 0.3) is 11.3 Å². The lowest BCUT2D eigenvalue weighted by Crippen LogP contribution is -2.37.